The second-order valence-electron chi connectivity index (χ2n) is 4.29. The van der Waals surface area contributed by atoms with Crippen LogP contribution in [0.3, 0.4) is 0 Å². The van der Waals surface area contributed by atoms with E-state index in [1.807, 2.05) is 6.92 Å². The smallest absolute Gasteiger partial charge is 0.128 e. The minimum Gasteiger partial charge on any atom is -0.395 e. The lowest BCUT2D eigenvalue weighted by atomic mass is 10.3. The molecule has 2 heterocycles. The first-order valence-corrected chi connectivity index (χ1v) is 6.71. The quantitative estimate of drug-likeness (QED) is 0.912. The summed E-state index contributed by atoms with van der Waals surface area (Å²) in [5, 5.41) is 8.90. The van der Waals surface area contributed by atoms with Gasteiger partial charge in [0.2, 0.25) is 0 Å². The van der Waals surface area contributed by atoms with Crippen molar-refractivity contribution in [3.05, 3.63) is 22.3 Å². The van der Waals surface area contributed by atoms with Crippen molar-refractivity contribution in [2.75, 3.05) is 44.2 Å². The van der Waals surface area contributed by atoms with Crippen molar-refractivity contribution in [2.24, 2.45) is 0 Å². The number of pyridine rings is 1. The Morgan fingerprint density at radius 1 is 1.29 bits per heavy atom. The van der Waals surface area contributed by atoms with E-state index in [-0.39, 0.29) is 6.61 Å². The minimum absolute atomic E-state index is 0.246. The Morgan fingerprint density at radius 3 is 2.59 bits per heavy atom. The van der Waals surface area contributed by atoms with Crippen LogP contribution in [0.1, 0.15) is 5.69 Å². The standard InChI is InChI=1S/C12H18BrN3O/c1-10-11(13)2-3-12(14-10)16-6-4-15(5-7-16)8-9-17/h2-3,17H,4-9H2,1H3. The van der Waals surface area contributed by atoms with Crippen LogP contribution >= 0.6 is 15.9 Å². The summed E-state index contributed by atoms with van der Waals surface area (Å²) in [6, 6.07) is 4.11. The highest BCUT2D eigenvalue weighted by atomic mass is 79.9. The van der Waals surface area contributed by atoms with E-state index < -0.39 is 0 Å². The van der Waals surface area contributed by atoms with Gasteiger partial charge in [-0.3, -0.25) is 4.90 Å². The molecule has 0 atom stereocenters. The predicted octanol–water partition coefficient (Wildman–Crippen LogP) is 1.27. The van der Waals surface area contributed by atoms with E-state index in [4.69, 9.17) is 5.11 Å². The molecule has 0 saturated carbocycles. The fourth-order valence-electron chi connectivity index (χ4n) is 2.05. The van der Waals surface area contributed by atoms with Gasteiger partial charge in [-0.2, -0.15) is 0 Å². The highest BCUT2D eigenvalue weighted by molar-refractivity contribution is 9.10. The molecule has 5 heteroatoms. The van der Waals surface area contributed by atoms with E-state index in [2.05, 4.69) is 42.8 Å². The van der Waals surface area contributed by atoms with E-state index in [1.165, 1.54) is 0 Å². The summed E-state index contributed by atoms with van der Waals surface area (Å²) in [5.41, 5.74) is 1.03. The summed E-state index contributed by atoms with van der Waals surface area (Å²) < 4.78 is 1.06. The zero-order chi connectivity index (χ0) is 12.3. The number of rotatable bonds is 3. The molecule has 0 unspecified atom stereocenters. The van der Waals surface area contributed by atoms with Crippen molar-refractivity contribution in [3.63, 3.8) is 0 Å². The normalized spacial score (nSPS) is 17.5. The number of aliphatic hydroxyl groups excluding tert-OH is 1. The van der Waals surface area contributed by atoms with Crippen LogP contribution < -0.4 is 4.90 Å². The summed E-state index contributed by atoms with van der Waals surface area (Å²) in [4.78, 5) is 9.16. The Bertz CT molecular complexity index is 378. The number of hydrogen-bond acceptors (Lipinski definition) is 4. The molecular formula is C12H18BrN3O. The van der Waals surface area contributed by atoms with E-state index in [1.54, 1.807) is 0 Å². The first kappa shape index (κ1) is 12.8. The fraction of sp³-hybridized carbons (Fsp3) is 0.583. The third kappa shape index (κ3) is 3.18. The molecule has 0 spiro atoms. The lowest BCUT2D eigenvalue weighted by Gasteiger charge is -2.35. The number of halogens is 1. The molecule has 0 aliphatic carbocycles. The molecule has 0 radical (unpaired) electrons. The van der Waals surface area contributed by atoms with Crippen molar-refractivity contribution in [1.29, 1.82) is 0 Å². The number of aromatic nitrogens is 1. The maximum atomic E-state index is 8.90. The van der Waals surface area contributed by atoms with Gasteiger partial charge in [0.25, 0.3) is 0 Å². The predicted molar refractivity (Wildman–Crippen MR) is 72.4 cm³/mol. The van der Waals surface area contributed by atoms with Gasteiger partial charge in [-0.15, -0.1) is 0 Å². The molecule has 1 fully saturated rings. The molecule has 1 saturated heterocycles. The van der Waals surface area contributed by atoms with Gasteiger partial charge in [-0.1, -0.05) is 0 Å². The van der Waals surface area contributed by atoms with Gasteiger partial charge in [0, 0.05) is 37.2 Å². The van der Waals surface area contributed by atoms with Gasteiger partial charge in [-0.05, 0) is 35.0 Å². The maximum absolute atomic E-state index is 8.90. The zero-order valence-corrected chi connectivity index (χ0v) is 11.7. The van der Waals surface area contributed by atoms with Gasteiger partial charge in [0.1, 0.15) is 5.82 Å². The third-order valence-corrected chi connectivity index (χ3v) is 3.96. The average molecular weight is 300 g/mol. The van der Waals surface area contributed by atoms with Crippen LogP contribution in [0.2, 0.25) is 0 Å². The van der Waals surface area contributed by atoms with Crippen LogP contribution in [-0.4, -0.2) is 54.3 Å². The molecule has 0 bridgehead atoms. The van der Waals surface area contributed by atoms with Crippen LogP contribution in [0.25, 0.3) is 0 Å². The highest BCUT2D eigenvalue weighted by Crippen LogP contribution is 2.19. The molecule has 1 aliphatic heterocycles. The molecular weight excluding hydrogens is 282 g/mol. The highest BCUT2D eigenvalue weighted by Gasteiger charge is 2.17. The van der Waals surface area contributed by atoms with E-state index in [0.717, 1.165) is 48.7 Å². The summed E-state index contributed by atoms with van der Waals surface area (Å²) in [6.07, 6.45) is 0. The number of nitrogens with zero attached hydrogens (tertiary/aromatic N) is 3. The average Bonchev–Trinajstić information content (AvgIpc) is 2.34. The van der Waals surface area contributed by atoms with Crippen LogP contribution in [0.5, 0.6) is 0 Å². The molecule has 1 aromatic rings. The number of anilines is 1. The van der Waals surface area contributed by atoms with Crippen LogP contribution in [0.4, 0.5) is 5.82 Å². The van der Waals surface area contributed by atoms with Crippen LogP contribution in [0, 0.1) is 6.92 Å². The molecule has 2 rings (SSSR count). The second-order valence-corrected chi connectivity index (χ2v) is 5.14. The van der Waals surface area contributed by atoms with Crippen molar-refractivity contribution in [2.45, 2.75) is 6.92 Å². The molecule has 0 aromatic carbocycles. The van der Waals surface area contributed by atoms with Gasteiger partial charge >= 0.3 is 0 Å². The lowest BCUT2D eigenvalue weighted by Crippen LogP contribution is -2.47. The second kappa shape index (κ2) is 5.80. The Morgan fingerprint density at radius 2 is 2.00 bits per heavy atom. The molecule has 4 nitrogen and oxygen atoms in total. The summed E-state index contributed by atoms with van der Waals surface area (Å²) in [6.45, 7) is 6.99. The molecule has 1 aromatic heterocycles. The van der Waals surface area contributed by atoms with Crippen molar-refractivity contribution >= 4 is 21.7 Å². The molecule has 0 amide bonds. The third-order valence-electron chi connectivity index (χ3n) is 3.12. The topological polar surface area (TPSA) is 39.6 Å². The van der Waals surface area contributed by atoms with Crippen molar-refractivity contribution in [3.8, 4) is 0 Å². The summed E-state index contributed by atoms with van der Waals surface area (Å²) >= 11 is 3.47. The number of aryl methyl sites for hydroxylation is 1. The Hall–Kier alpha value is -0.650. The van der Waals surface area contributed by atoms with Gasteiger partial charge in [-0.25, -0.2) is 4.98 Å². The SMILES string of the molecule is Cc1nc(N2CCN(CCO)CC2)ccc1Br. The monoisotopic (exact) mass is 299 g/mol. The zero-order valence-electron chi connectivity index (χ0n) is 10.1. The summed E-state index contributed by atoms with van der Waals surface area (Å²) in [5.74, 6) is 1.05. The Labute approximate surface area is 110 Å². The van der Waals surface area contributed by atoms with Gasteiger partial charge in [0.05, 0.1) is 12.3 Å². The lowest BCUT2D eigenvalue weighted by molar-refractivity contribution is 0.188. The number of aliphatic hydroxyl groups is 1. The number of β-amino-alcohol motifs (C(OH)–C–C–N with tert-alkyl or cyclic N) is 1. The first-order chi connectivity index (χ1) is 8.20. The van der Waals surface area contributed by atoms with E-state index in [9.17, 15) is 0 Å². The summed E-state index contributed by atoms with van der Waals surface area (Å²) in [7, 11) is 0. The molecule has 1 N–H and O–H groups in total. The fourth-order valence-corrected chi connectivity index (χ4v) is 2.27. The maximum Gasteiger partial charge on any atom is 0.128 e. The minimum atomic E-state index is 0.246. The van der Waals surface area contributed by atoms with E-state index >= 15 is 0 Å². The van der Waals surface area contributed by atoms with Gasteiger partial charge < -0.3 is 10.0 Å². The molecule has 17 heavy (non-hydrogen) atoms. The first-order valence-electron chi connectivity index (χ1n) is 5.92. The van der Waals surface area contributed by atoms with Gasteiger partial charge in [0.15, 0.2) is 0 Å². The van der Waals surface area contributed by atoms with Crippen LogP contribution in [0.15, 0.2) is 16.6 Å². The van der Waals surface area contributed by atoms with Crippen molar-refractivity contribution in [1.82, 2.24) is 9.88 Å². The van der Waals surface area contributed by atoms with Crippen molar-refractivity contribution < 1.29 is 5.11 Å². The van der Waals surface area contributed by atoms with Crippen LogP contribution in [-0.2, 0) is 0 Å². The number of piperazine rings is 1. The number of hydrogen-bond donors (Lipinski definition) is 1. The Balaban J connectivity index is 1.98. The molecule has 94 valence electrons. The Kier molecular flexibility index (Phi) is 4.36. The van der Waals surface area contributed by atoms with E-state index in [0.29, 0.717) is 0 Å². The largest absolute Gasteiger partial charge is 0.395 e. The molecule has 1 aliphatic rings.